The Morgan fingerprint density at radius 2 is 2.21 bits per heavy atom. The first kappa shape index (κ1) is 16.7. The van der Waals surface area contributed by atoms with E-state index in [0.29, 0.717) is 21.8 Å². The maximum absolute atomic E-state index is 14.4. The molecular weight excluding hydrogens is 347 g/mol. The quantitative estimate of drug-likeness (QED) is 0.777. The molecule has 2 nitrogen and oxygen atoms in total. The van der Waals surface area contributed by atoms with Gasteiger partial charge in [-0.2, -0.15) is 11.8 Å². The van der Waals surface area contributed by atoms with E-state index >= 15 is 0 Å². The van der Waals surface area contributed by atoms with Gasteiger partial charge in [-0.15, -0.1) is 0 Å². The molecule has 0 amide bonds. The van der Waals surface area contributed by atoms with E-state index in [2.05, 4.69) is 29.1 Å². The summed E-state index contributed by atoms with van der Waals surface area (Å²) < 4.78 is 14.7. The van der Waals surface area contributed by atoms with Crippen molar-refractivity contribution in [1.29, 1.82) is 0 Å². The van der Waals surface area contributed by atoms with Gasteiger partial charge in [-0.1, -0.05) is 19.1 Å². The summed E-state index contributed by atoms with van der Waals surface area (Å²) in [6, 6.07) is 3.79. The van der Waals surface area contributed by atoms with Gasteiger partial charge in [-0.05, 0) is 40.7 Å². The van der Waals surface area contributed by atoms with Gasteiger partial charge < -0.3 is 10.6 Å². The lowest BCUT2D eigenvalue weighted by molar-refractivity contribution is 0.597. The van der Waals surface area contributed by atoms with Crippen molar-refractivity contribution in [3.63, 3.8) is 0 Å². The predicted molar refractivity (Wildman–Crippen MR) is 90.9 cm³/mol. The summed E-state index contributed by atoms with van der Waals surface area (Å²) in [5.74, 6) is 0.647. The summed E-state index contributed by atoms with van der Waals surface area (Å²) in [5.41, 5.74) is 6.65. The normalized spacial score (nSPS) is 12.3. The highest BCUT2D eigenvalue weighted by molar-refractivity contribution is 9.10. The molecule has 0 spiro atoms. The van der Waals surface area contributed by atoms with Crippen molar-refractivity contribution in [2.45, 2.75) is 19.4 Å². The number of thiocarbonyl (C=S) groups is 1. The molecule has 0 aliphatic heterocycles. The van der Waals surface area contributed by atoms with E-state index in [4.69, 9.17) is 18.0 Å². The Bertz CT molecular complexity index is 468. The fourth-order valence-corrected chi connectivity index (χ4v) is 3.59. The van der Waals surface area contributed by atoms with Crippen LogP contribution in [0.25, 0.3) is 0 Å². The monoisotopic (exact) mass is 364 g/mol. The van der Waals surface area contributed by atoms with Crippen LogP contribution < -0.4 is 10.6 Å². The maximum atomic E-state index is 14.4. The molecule has 0 aliphatic rings. The summed E-state index contributed by atoms with van der Waals surface area (Å²) in [7, 11) is 1.91. The second kappa shape index (κ2) is 7.45. The Morgan fingerprint density at radius 1 is 1.58 bits per heavy atom. The van der Waals surface area contributed by atoms with Crippen LogP contribution in [0.2, 0.25) is 0 Å². The van der Waals surface area contributed by atoms with Crippen molar-refractivity contribution in [2.24, 2.45) is 5.73 Å². The van der Waals surface area contributed by atoms with Gasteiger partial charge in [-0.25, -0.2) is 4.39 Å². The Morgan fingerprint density at radius 3 is 2.68 bits per heavy atom. The Kier molecular flexibility index (Phi) is 6.56. The molecule has 0 heterocycles. The number of anilines is 1. The number of rotatable bonds is 6. The van der Waals surface area contributed by atoms with Gasteiger partial charge in [0, 0.05) is 24.4 Å². The van der Waals surface area contributed by atoms with E-state index in [0.717, 1.165) is 12.2 Å². The molecule has 1 atom stereocenters. The summed E-state index contributed by atoms with van der Waals surface area (Å²) in [6.07, 6.45) is 3.02. The molecule has 19 heavy (non-hydrogen) atoms. The van der Waals surface area contributed by atoms with Crippen LogP contribution in [0.4, 0.5) is 10.1 Å². The highest BCUT2D eigenvalue weighted by Gasteiger charge is 2.19. The maximum Gasteiger partial charge on any atom is 0.161 e. The van der Waals surface area contributed by atoms with Gasteiger partial charge in [0.2, 0.25) is 0 Å². The van der Waals surface area contributed by atoms with Gasteiger partial charge in [0.15, 0.2) is 5.82 Å². The number of hydrogen-bond acceptors (Lipinski definition) is 3. The van der Waals surface area contributed by atoms with Gasteiger partial charge in [0.1, 0.15) is 4.99 Å². The number of hydrogen-bond donors (Lipinski definition) is 1. The van der Waals surface area contributed by atoms with Gasteiger partial charge in [-0.3, -0.25) is 0 Å². The zero-order chi connectivity index (χ0) is 14.6. The van der Waals surface area contributed by atoms with Crippen LogP contribution in [0.5, 0.6) is 0 Å². The van der Waals surface area contributed by atoms with Crippen molar-refractivity contribution in [2.75, 3.05) is 24.0 Å². The first-order chi connectivity index (χ1) is 8.93. The van der Waals surface area contributed by atoms with E-state index in [1.165, 1.54) is 0 Å². The molecule has 2 N–H and O–H groups in total. The molecule has 0 fully saturated rings. The minimum atomic E-state index is -0.313. The number of thioether (sulfide) groups is 1. The first-order valence-corrected chi connectivity index (χ1v) is 8.53. The summed E-state index contributed by atoms with van der Waals surface area (Å²) >= 11 is 9.89. The summed E-state index contributed by atoms with van der Waals surface area (Å²) in [5, 5.41) is 0. The van der Waals surface area contributed by atoms with Crippen molar-refractivity contribution in [3.05, 3.63) is 28.0 Å². The molecule has 1 rings (SSSR count). The van der Waals surface area contributed by atoms with Crippen molar-refractivity contribution in [1.82, 2.24) is 0 Å². The molecule has 0 aromatic heterocycles. The average molecular weight is 365 g/mol. The number of nitrogens with zero attached hydrogens (tertiary/aromatic N) is 1. The fourth-order valence-electron chi connectivity index (χ4n) is 1.89. The Balaban J connectivity index is 3.14. The van der Waals surface area contributed by atoms with E-state index < -0.39 is 0 Å². The molecule has 1 aromatic carbocycles. The van der Waals surface area contributed by atoms with Crippen LogP contribution in [0, 0.1) is 5.82 Å². The van der Waals surface area contributed by atoms with E-state index in [9.17, 15) is 4.39 Å². The zero-order valence-corrected chi connectivity index (χ0v) is 14.5. The zero-order valence-electron chi connectivity index (χ0n) is 11.2. The largest absolute Gasteiger partial charge is 0.389 e. The first-order valence-electron chi connectivity index (χ1n) is 5.93. The van der Waals surface area contributed by atoms with Crippen LogP contribution in [0.3, 0.4) is 0 Å². The number of nitrogens with two attached hydrogens (primary N) is 1. The molecule has 0 aliphatic carbocycles. The SMILES string of the molecule is CCC(CSC)N(C)c1ccc(C(N)=S)c(Br)c1F. The Hall–Kier alpha value is -0.330. The predicted octanol–water partition coefficient (Wildman–Crippen LogP) is 3.80. The lowest BCUT2D eigenvalue weighted by Gasteiger charge is -2.29. The highest BCUT2D eigenvalue weighted by Crippen LogP contribution is 2.30. The van der Waals surface area contributed by atoms with Crippen LogP contribution in [-0.2, 0) is 0 Å². The smallest absolute Gasteiger partial charge is 0.161 e. The third kappa shape index (κ3) is 3.83. The van der Waals surface area contributed by atoms with Crippen LogP contribution in [0.1, 0.15) is 18.9 Å². The third-order valence-corrected chi connectivity index (χ3v) is 4.80. The molecule has 6 heteroatoms. The van der Waals surface area contributed by atoms with E-state index in [1.807, 2.05) is 11.9 Å². The fraction of sp³-hybridized carbons (Fsp3) is 0.462. The third-order valence-electron chi connectivity index (χ3n) is 3.09. The molecule has 106 valence electrons. The van der Waals surface area contributed by atoms with E-state index in [1.54, 1.807) is 23.9 Å². The average Bonchev–Trinajstić information content (AvgIpc) is 2.37. The lowest BCUT2D eigenvalue weighted by Crippen LogP contribution is -2.34. The molecule has 1 unspecified atom stereocenters. The van der Waals surface area contributed by atoms with Crippen molar-refractivity contribution >= 4 is 50.6 Å². The van der Waals surface area contributed by atoms with Crippen LogP contribution >= 0.6 is 39.9 Å². The van der Waals surface area contributed by atoms with Crippen molar-refractivity contribution < 1.29 is 4.39 Å². The molecule has 1 aromatic rings. The van der Waals surface area contributed by atoms with Gasteiger partial charge in [0.25, 0.3) is 0 Å². The van der Waals surface area contributed by atoms with Gasteiger partial charge >= 0.3 is 0 Å². The number of benzene rings is 1. The lowest BCUT2D eigenvalue weighted by atomic mass is 10.1. The van der Waals surface area contributed by atoms with Crippen LogP contribution in [-0.4, -0.2) is 30.1 Å². The highest BCUT2D eigenvalue weighted by atomic mass is 79.9. The topological polar surface area (TPSA) is 29.3 Å². The molecule has 0 saturated heterocycles. The molecule has 0 radical (unpaired) electrons. The standard InChI is InChI=1S/C13H18BrFN2S2/c1-4-8(7-19-3)17(2)10-6-5-9(13(16)18)11(14)12(10)15/h5-6,8H,4,7H2,1-3H3,(H2,16,18). The van der Waals surface area contributed by atoms with Gasteiger partial charge in [0.05, 0.1) is 10.2 Å². The minimum absolute atomic E-state index is 0.191. The van der Waals surface area contributed by atoms with Crippen LogP contribution in [0.15, 0.2) is 16.6 Å². The molecular formula is C13H18BrFN2S2. The van der Waals surface area contributed by atoms with E-state index in [-0.39, 0.29) is 10.8 Å². The second-order valence-corrected chi connectivity index (χ2v) is 6.40. The molecule has 0 saturated carbocycles. The van der Waals surface area contributed by atoms with Crippen molar-refractivity contribution in [3.8, 4) is 0 Å². The second-order valence-electron chi connectivity index (χ2n) is 4.25. The Labute approximate surface area is 132 Å². The summed E-state index contributed by atoms with van der Waals surface area (Å²) in [6.45, 7) is 2.10. The molecule has 0 bridgehead atoms. The minimum Gasteiger partial charge on any atom is -0.389 e. The number of halogens is 2. The summed E-state index contributed by atoms with van der Waals surface area (Å²) in [4.78, 5) is 2.16.